The maximum Gasteiger partial charge on any atom is 0.258 e. The van der Waals surface area contributed by atoms with Gasteiger partial charge in [0.2, 0.25) is 0 Å². The lowest BCUT2D eigenvalue weighted by Gasteiger charge is -2.28. The Hall–Kier alpha value is -1.58. The van der Waals surface area contributed by atoms with E-state index in [2.05, 4.69) is 5.32 Å². The average molecular weight is 207 g/mol. The Labute approximate surface area is 88.0 Å². The molecule has 0 aromatic rings. The van der Waals surface area contributed by atoms with E-state index < -0.39 is 0 Å². The highest BCUT2D eigenvalue weighted by molar-refractivity contribution is 5.98. The molecule has 1 amide bonds. The van der Waals surface area contributed by atoms with E-state index in [9.17, 15) is 9.59 Å². The zero-order valence-corrected chi connectivity index (χ0v) is 8.58. The van der Waals surface area contributed by atoms with Crippen molar-refractivity contribution in [3.05, 3.63) is 23.5 Å². The third-order valence-electron chi connectivity index (χ3n) is 2.56. The Morgan fingerprint density at radius 3 is 3.20 bits per heavy atom. The first-order valence-electron chi connectivity index (χ1n) is 5.08. The van der Waals surface area contributed by atoms with Crippen molar-refractivity contribution in [1.82, 2.24) is 5.32 Å². The summed E-state index contributed by atoms with van der Waals surface area (Å²) in [5.74, 6) is 0.714. The van der Waals surface area contributed by atoms with Gasteiger partial charge in [-0.05, 0) is 12.5 Å². The van der Waals surface area contributed by atoms with Gasteiger partial charge in [-0.3, -0.25) is 9.59 Å². The van der Waals surface area contributed by atoms with Gasteiger partial charge in [0, 0.05) is 12.0 Å². The molecule has 4 nitrogen and oxygen atoms in total. The second-order valence-electron chi connectivity index (χ2n) is 3.63. The molecule has 1 aliphatic heterocycles. The molecule has 2 rings (SSSR count). The Morgan fingerprint density at radius 2 is 2.47 bits per heavy atom. The molecule has 1 unspecified atom stereocenters. The van der Waals surface area contributed by atoms with Crippen LogP contribution in [-0.4, -0.2) is 24.3 Å². The van der Waals surface area contributed by atoms with Crippen LogP contribution >= 0.6 is 0 Å². The maximum absolute atomic E-state index is 11.4. The molecule has 0 aromatic carbocycles. The third kappa shape index (κ3) is 1.93. The smallest absolute Gasteiger partial charge is 0.258 e. The molecule has 1 heterocycles. The highest BCUT2D eigenvalue weighted by Gasteiger charge is 2.27. The van der Waals surface area contributed by atoms with E-state index >= 15 is 0 Å². The number of Topliss-reactive ketones (excluding diaryl/α,β-unsaturated/α-hetero) is 1. The first-order valence-corrected chi connectivity index (χ1v) is 5.08. The number of hydrogen-bond donors (Lipinski definition) is 1. The van der Waals surface area contributed by atoms with E-state index in [0.717, 1.165) is 0 Å². The molecule has 80 valence electrons. The molecule has 1 N–H and O–H groups in total. The van der Waals surface area contributed by atoms with Gasteiger partial charge >= 0.3 is 0 Å². The van der Waals surface area contributed by atoms with E-state index in [-0.39, 0.29) is 24.3 Å². The van der Waals surface area contributed by atoms with Crippen molar-refractivity contribution in [3.63, 3.8) is 0 Å². The zero-order chi connectivity index (χ0) is 10.8. The second-order valence-corrected chi connectivity index (χ2v) is 3.63. The van der Waals surface area contributed by atoms with Crippen LogP contribution in [0, 0.1) is 0 Å². The lowest BCUT2D eigenvalue weighted by Crippen LogP contribution is -2.44. The molecule has 1 saturated heterocycles. The zero-order valence-electron chi connectivity index (χ0n) is 8.58. The summed E-state index contributed by atoms with van der Waals surface area (Å²) >= 11 is 0. The predicted octanol–water partition coefficient (Wildman–Crippen LogP) is 0.694. The summed E-state index contributed by atoms with van der Waals surface area (Å²) in [6.45, 7) is 1.88. The van der Waals surface area contributed by atoms with Gasteiger partial charge in [-0.1, -0.05) is 13.0 Å². The standard InChI is InChI=1S/C11H13NO3/c1-2-9(13)7-3-4-8-10(5-7)15-6-11(14)12-8/h3,5,8H,2,4,6H2,1H3,(H,12,14). The van der Waals surface area contributed by atoms with Crippen LogP contribution in [0.1, 0.15) is 19.8 Å². The molecule has 1 aliphatic carbocycles. The first-order chi connectivity index (χ1) is 7.20. The second kappa shape index (κ2) is 3.88. The van der Waals surface area contributed by atoms with Crippen LogP contribution in [0.25, 0.3) is 0 Å². The van der Waals surface area contributed by atoms with E-state index in [1.165, 1.54) is 0 Å². The minimum Gasteiger partial charge on any atom is -0.486 e. The summed E-state index contributed by atoms with van der Waals surface area (Å²) in [7, 11) is 0. The number of carbonyl (C=O) groups excluding carboxylic acids is 2. The average Bonchev–Trinajstić information content (AvgIpc) is 2.27. The van der Waals surface area contributed by atoms with Crippen LogP contribution in [-0.2, 0) is 14.3 Å². The monoisotopic (exact) mass is 207 g/mol. The molecule has 15 heavy (non-hydrogen) atoms. The Balaban J connectivity index is 2.15. The fraction of sp³-hybridized carbons (Fsp3) is 0.455. The van der Waals surface area contributed by atoms with Crippen molar-refractivity contribution in [2.24, 2.45) is 0 Å². The summed E-state index contributed by atoms with van der Waals surface area (Å²) in [5.41, 5.74) is 0.694. The quantitative estimate of drug-likeness (QED) is 0.725. The lowest BCUT2D eigenvalue weighted by molar-refractivity contribution is -0.128. The number of hydrogen-bond acceptors (Lipinski definition) is 3. The molecule has 2 aliphatic rings. The summed E-state index contributed by atoms with van der Waals surface area (Å²) in [6.07, 6.45) is 4.72. The van der Waals surface area contributed by atoms with Gasteiger partial charge in [0.15, 0.2) is 12.4 Å². The molecular formula is C11H13NO3. The van der Waals surface area contributed by atoms with Gasteiger partial charge in [0.1, 0.15) is 5.76 Å². The van der Waals surface area contributed by atoms with E-state index in [0.29, 0.717) is 24.2 Å². The van der Waals surface area contributed by atoms with Gasteiger partial charge in [-0.15, -0.1) is 0 Å². The number of ether oxygens (including phenoxy) is 1. The fourth-order valence-electron chi connectivity index (χ4n) is 1.73. The topological polar surface area (TPSA) is 55.4 Å². The summed E-state index contributed by atoms with van der Waals surface area (Å²) in [5, 5.41) is 2.81. The predicted molar refractivity (Wildman–Crippen MR) is 54.0 cm³/mol. The van der Waals surface area contributed by atoms with E-state index in [1.807, 2.05) is 13.0 Å². The van der Waals surface area contributed by atoms with Crippen molar-refractivity contribution in [1.29, 1.82) is 0 Å². The van der Waals surface area contributed by atoms with Crippen LogP contribution in [0.3, 0.4) is 0 Å². The van der Waals surface area contributed by atoms with Crippen molar-refractivity contribution in [3.8, 4) is 0 Å². The van der Waals surface area contributed by atoms with Crippen molar-refractivity contribution < 1.29 is 14.3 Å². The number of morpholine rings is 1. The Morgan fingerprint density at radius 1 is 1.67 bits per heavy atom. The Kier molecular flexibility index (Phi) is 2.58. The maximum atomic E-state index is 11.4. The van der Waals surface area contributed by atoms with Crippen molar-refractivity contribution in [2.75, 3.05) is 6.61 Å². The molecular weight excluding hydrogens is 194 g/mol. The van der Waals surface area contributed by atoms with Crippen LogP contribution < -0.4 is 5.32 Å². The molecule has 0 saturated carbocycles. The molecule has 1 fully saturated rings. The van der Waals surface area contributed by atoms with Crippen molar-refractivity contribution in [2.45, 2.75) is 25.8 Å². The number of nitrogens with one attached hydrogen (secondary N) is 1. The molecule has 0 spiro atoms. The molecule has 1 atom stereocenters. The normalized spacial score (nSPS) is 24.3. The summed E-state index contributed by atoms with van der Waals surface area (Å²) in [4.78, 5) is 22.5. The molecule has 0 bridgehead atoms. The van der Waals surface area contributed by atoms with Crippen LogP contribution in [0.5, 0.6) is 0 Å². The number of ketones is 1. The van der Waals surface area contributed by atoms with Crippen molar-refractivity contribution >= 4 is 11.7 Å². The summed E-state index contributed by atoms with van der Waals surface area (Å²) < 4.78 is 5.28. The van der Waals surface area contributed by atoms with Gasteiger partial charge in [0.05, 0.1) is 6.04 Å². The number of carbonyl (C=O) groups is 2. The van der Waals surface area contributed by atoms with E-state index in [1.54, 1.807) is 6.08 Å². The SMILES string of the molecule is CCC(=O)C1=CCC2NC(=O)COC2=C1. The Bertz CT molecular complexity index is 368. The minimum absolute atomic E-state index is 0.0515. The van der Waals surface area contributed by atoms with Gasteiger partial charge in [-0.2, -0.15) is 0 Å². The number of fused-ring (bicyclic) bond motifs is 1. The lowest BCUT2D eigenvalue weighted by atomic mass is 9.96. The number of amides is 1. The molecule has 4 heteroatoms. The number of rotatable bonds is 2. The third-order valence-corrected chi connectivity index (χ3v) is 2.56. The number of allylic oxidation sites excluding steroid dienone is 2. The summed E-state index contributed by atoms with van der Waals surface area (Å²) in [6, 6.07) is -0.0837. The van der Waals surface area contributed by atoms with Gasteiger partial charge in [0.25, 0.3) is 5.91 Å². The molecule has 0 aromatic heterocycles. The van der Waals surface area contributed by atoms with Crippen LogP contribution in [0.15, 0.2) is 23.5 Å². The molecule has 0 radical (unpaired) electrons. The highest BCUT2D eigenvalue weighted by atomic mass is 16.5. The van der Waals surface area contributed by atoms with Crippen LogP contribution in [0.2, 0.25) is 0 Å². The van der Waals surface area contributed by atoms with E-state index in [4.69, 9.17) is 4.74 Å². The van der Waals surface area contributed by atoms with Crippen LogP contribution in [0.4, 0.5) is 0 Å². The highest BCUT2D eigenvalue weighted by Crippen LogP contribution is 2.22. The minimum atomic E-state index is -0.101. The first kappa shape index (κ1) is 9.96. The van der Waals surface area contributed by atoms with Gasteiger partial charge in [-0.25, -0.2) is 0 Å². The fourth-order valence-corrected chi connectivity index (χ4v) is 1.73. The largest absolute Gasteiger partial charge is 0.486 e. The van der Waals surface area contributed by atoms with Gasteiger partial charge < -0.3 is 10.1 Å².